The SMILES string of the molecule is COc1ccc(/C=C2\SC3CCC(C(=O)NC4CCCc5ccccc54)CC3N(C)C2=O)cc1. The van der Waals surface area contributed by atoms with E-state index in [1.807, 2.05) is 42.3 Å². The summed E-state index contributed by atoms with van der Waals surface area (Å²) in [5.41, 5.74) is 3.61. The van der Waals surface area contributed by atoms with E-state index in [-0.39, 0.29) is 29.8 Å². The van der Waals surface area contributed by atoms with Crippen molar-refractivity contribution in [3.8, 4) is 5.75 Å². The van der Waals surface area contributed by atoms with E-state index in [9.17, 15) is 9.59 Å². The van der Waals surface area contributed by atoms with Crippen molar-refractivity contribution in [2.45, 2.75) is 55.9 Å². The number of benzene rings is 2. The summed E-state index contributed by atoms with van der Waals surface area (Å²) < 4.78 is 5.23. The van der Waals surface area contributed by atoms with Crippen molar-refractivity contribution in [3.63, 3.8) is 0 Å². The molecule has 1 aliphatic heterocycles. The van der Waals surface area contributed by atoms with Crippen LogP contribution in [0.15, 0.2) is 53.4 Å². The number of carbonyl (C=O) groups is 2. The molecule has 0 radical (unpaired) electrons. The molecule has 2 amide bonds. The highest BCUT2D eigenvalue weighted by Gasteiger charge is 2.43. The van der Waals surface area contributed by atoms with Gasteiger partial charge in [-0.1, -0.05) is 36.4 Å². The molecule has 0 spiro atoms. The van der Waals surface area contributed by atoms with E-state index in [0.29, 0.717) is 5.25 Å². The largest absolute Gasteiger partial charge is 0.497 e. The zero-order valence-corrected chi connectivity index (χ0v) is 20.6. The van der Waals surface area contributed by atoms with Gasteiger partial charge in [-0.15, -0.1) is 11.8 Å². The molecule has 1 N–H and O–H groups in total. The fourth-order valence-electron chi connectivity index (χ4n) is 5.58. The molecule has 6 heteroatoms. The third-order valence-electron chi connectivity index (χ3n) is 7.53. The highest BCUT2D eigenvalue weighted by Crippen LogP contribution is 2.43. The first-order valence-corrected chi connectivity index (χ1v) is 13.1. The average molecular weight is 477 g/mol. The van der Waals surface area contributed by atoms with Gasteiger partial charge in [0.05, 0.1) is 18.1 Å². The number of amides is 2. The van der Waals surface area contributed by atoms with Gasteiger partial charge in [-0.2, -0.15) is 0 Å². The highest BCUT2D eigenvalue weighted by molar-refractivity contribution is 8.04. The number of hydrogen-bond donors (Lipinski definition) is 1. The lowest BCUT2D eigenvalue weighted by Gasteiger charge is -2.44. The van der Waals surface area contributed by atoms with Gasteiger partial charge in [0, 0.05) is 24.3 Å². The van der Waals surface area contributed by atoms with Crippen LogP contribution in [0.2, 0.25) is 0 Å². The van der Waals surface area contributed by atoms with Crippen LogP contribution in [0.5, 0.6) is 5.75 Å². The third-order valence-corrected chi connectivity index (χ3v) is 8.93. The van der Waals surface area contributed by atoms with Gasteiger partial charge in [0.25, 0.3) is 5.91 Å². The molecule has 1 saturated heterocycles. The summed E-state index contributed by atoms with van der Waals surface area (Å²) in [6, 6.07) is 16.4. The molecule has 5 nitrogen and oxygen atoms in total. The Morgan fingerprint density at radius 1 is 1.12 bits per heavy atom. The summed E-state index contributed by atoms with van der Waals surface area (Å²) in [5, 5.41) is 3.67. The first kappa shape index (κ1) is 23.0. The Morgan fingerprint density at radius 2 is 1.91 bits per heavy atom. The molecule has 1 heterocycles. The van der Waals surface area contributed by atoms with Crippen molar-refractivity contribution in [1.29, 1.82) is 0 Å². The smallest absolute Gasteiger partial charge is 0.260 e. The van der Waals surface area contributed by atoms with Gasteiger partial charge >= 0.3 is 0 Å². The summed E-state index contributed by atoms with van der Waals surface area (Å²) in [4.78, 5) is 29.0. The van der Waals surface area contributed by atoms with Crippen LogP contribution in [-0.4, -0.2) is 42.2 Å². The van der Waals surface area contributed by atoms with Crippen LogP contribution in [0.4, 0.5) is 0 Å². The lowest BCUT2D eigenvalue weighted by Crippen LogP contribution is -2.52. The number of aryl methyl sites for hydroxylation is 1. The van der Waals surface area contributed by atoms with Crippen molar-refractivity contribution < 1.29 is 14.3 Å². The van der Waals surface area contributed by atoms with Gasteiger partial charge in [0.1, 0.15) is 5.75 Å². The van der Waals surface area contributed by atoms with E-state index in [4.69, 9.17) is 4.74 Å². The molecule has 3 aliphatic rings. The Bertz CT molecular complexity index is 1100. The topological polar surface area (TPSA) is 58.6 Å². The molecule has 178 valence electrons. The van der Waals surface area contributed by atoms with Crippen LogP contribution < -0.4 is 10.1 Å². The Labute approximate surface area is 205 Å². The number of thioether (sulfide) groups is 1. The predicted molar refractivity (Wildman–Crippen MR) is 137 cm³/mol. The minimum atomic E-state index is -0.0432. The molecule has 1 saturated carbocycles. The quantitative estimate of drug-likeness (QED) is 0.633. The standard InChI is InChI=1S/C28H32N2O3S/c1-30-24-17-20(27(31)29-23-9-5-7-19-6-3-4-8-22(19)23)12-15-25(24)34-26(28(30)32)16-18-10-13-21(33-2)14-11-18/h3-4,6,8,10-11,13-14,16,20,23-25H,5,7,9,12,15,17H2,1-2H3,(H,29,31)/b26-16-. The zero-order valence-electron chi connectivity index (χ0n) is 19.8. The first-order valence-electron chi connectivity index (χ1n) is 12.2. The Kier molecular flexibility index (Phi) is 6.68. The van der Waals surface area contributed by atoms with Gasteiger partial charge < -0.3 is 15.0 Å². The molecule has 0 bridgehead atoms. The van der Waals surface area contributed by atoms with Crippen LogP contribution >= 0.6 is 11.8 Å². The van der Waals surface area contributed by atoms with E-state index in [2.05, 4.69) is 29.6 Å². The number of methoxy groups -OCH3 is 1. The second-order valence-corrected chi connectivity index (χ2v) is 10.9. The molecule has 2 aliphatic carbocycles. The van der Waals surface area contributed by atoms with Gasteiger partial charge in [-0.25, -0.2) is 0 Å². The number of nitrogens with one attached hydrogen (secondary N) is 1. The zero-order chi connectivity index (χ0) is 23.7. The molecular formula is C28H32N2O3S. The number of hydrogen-bond acceptors (Lipinski definition) is 4. The number of likely N-dealkylation sites (N-methyl/N-ethyl adjacent to an activating group) is 1. The number of nitrogens with zero attached hydrogens (tertiary/aromatic N) is 1. The number of rotatable bonds is 4. The molecule has 4 atom stereocenters. The summed E-state index contributed by atoms with van der Waals surface area (Å²) in [6.45, 7) is 0. The Morgan fingerprint density at radius 3 is 2.71 bits per heavy atom. The van der Waals surface area contributed by atoms with Gasteiger partial charge in [0.15, 0.2) is 0 Å². The first-order chi connectivity index (χ1) is 16.5. The number of fused-ring (bicyclic) bond motifs is 2. The molecule has 4 unspecified atom stereocenters. The number of ether oxygens (including phenoxy) is 1. The maximum Gasteiger partial charge on any atom is 0.260 e. The van der Waals surface area contributed by atoms with Gasteiger partial charge in [-0.05, 0) is 73.4 Å². The van der Waals surface area contributed by atoms with E-state index >= 15 is 0 Å². The Balaban J connectivity index is 1.25. The summed E-state index contributed by atoms with van der Waals surface area (Å²) in [5.74, 6) is 0.948. The van der Waals surface area contributed by atoms with Crippen LogP contribution in [0.3, 0.4) is 0 Å². The molecule has 34 heavy (non-hydrogen) atoms. The maximum absolute atomic E-state index is 13.3. The second-order valence-electron chi connectivity index (χ2n) is 9.58. The Hall–Kier alpha value is -2.73. The monoisotopic (exact) mass is 476 g/mol. The summed E-state index contributed by atoms with van der Waals surface area (Å²) >= 11 is 1.68. The van der Waals surface area contributed by atoms with Crippen LogP contribution in [0, 0.1) is 5.92 Å². The van der Waals surface area contributed by atoms with Crippen LogP contribution in [0.1, 0.15) is 54.8 Å². The van der Waals surface area contributed by atoms with Gasteiger partial charge in [-0.3, -0.25) is 9.59 Å². The van der Waals surface area contributed by atoms with Crippen molar-refractivity contribution in [1.82, 2.24) is 10.2 Å². The molecule has 2 aromatic rings. The van der Waals surface area contributed by atoms with Crippen LogP contribution in [0.25, 0.3) is 6.08 Å². The lowest BCUT2D eigenvalue weighted by atomic mass is 9.82. The normalized spacial score (nSPS) is 27.6. The molecule has 2 aromatic carbocycles. The minimum Gasteiger partial charge on any atom is -0.497 e. The fourth-order valence-corrected chi connectivity index (χ4v) is 7.06. The average Bonchev–Trinajstić information content (AvgIpc) is 2.87. The summed E-state index contributed by atoms with van der Waals surface area (Å²) in [6.07, 6.45) is 7.70. The lowest BCUT2D eigenvalue weighted by molar-refractivity contribution is -0.132. The van der Waals surface area contributed by atoms with Crippen molar-refractivity contribution >= 4 is 29.7 Å². The molecule has 2 fully saturated rings. The summed E-state index contributed by atoms with van der Waals surface area (Å²) in [7, 11) is 3.53. The molecular weight excluding hydrogens is 444 g/mol. The van der Waals surface area contributed by atoms with E-state index in [1.165, 1.54) is 11.1 Å². The molecule has 5 rings (SSSR count). The van der Waals surface area contributed by atoms with E-state index < -0.39 is 0 Å². The third kappa shape index (κ3) is 4.61. The minimum absolute atomic E-state index is 0.0432. The number of carbonyl (C=O) groups excluding carboxylic acids is 2. The maximum atomic E-state index is 13.3. The highest BCUT2D eigenvalue weighted by atomic mass is 32.2. The predicted octanol–water partition coefficient (Wildman–Crippen LogP) is 4.97. The van der Waals surface area contributed by atoms with E-state index in [1.54, 1.807) is 18.9 Å². The molecule has 0 aromatic heterocycles. The fraction of sp³-hybridized carbons (Fsp3) is 0.429. The van der Waals surface area contributed by atoms with Gasteiger partial charge in [0.2, 0.25) is 5.91 Å². The van der Waals surface area contributed by atoms with Crippen molar-refractivity contribution in [2.75, 3.05) is 14.2 Å². The second kappa shape index (κ2) is 9.87. The van der Waals surface area contributed by atoms with Crippen LogP contribution in [-0.2, 0) is 16.0 Å². The van der Waals surface area contributed by atoms with Crippen molar-refractivity contribution in [3.05, 3.63) is 70.1 Å². The van der Waals surface area contributed by atoms with Crippen molar-refractivity contribution in [2.24, 2.45) is 5.92 Å². The van der Waals surface area contributed by atoms with E-state index in [0.717, 1.165) is 54.7 Å².